The summed E-state index contributed by atoms with van der Waals surface area (Å²) in [5.41, 5.74) is 3.07. The fourth-order valence-corrected chi connectivity index (χ4v) is 10.7. The van der Waals surface area contributed by atoms with Gasteiger partial charge in [-0.2, -0.15) is 0 Å². The van der Waals surface area contributed by atoms with Crippen LogP contribution < -0.4 is 9.05 Å². The number of unbranched alkanes of at least 4 members (excludes halogenated alkanes) is 18. The molecule has 0 bridgehead atoms. The lowest BCUT2D eigenvalue weighted by Gasteiger charge is -2.34. The Morgan fingerprint density at radius 1 is 0.556 bits per heavy atom. The lowest BCUT2D eigenvalue weighted by molar-refractivity contribution is 0.0783. The Hall–Kier alpha value is -2.75. The van der Waals surface area contributed by atoms with Crippen LogP contribution in [0.2, 0.25) is 0 Å². The molecule has 5 nitrogen and oxygen atoms in total. The highest BCUT2D eigenvalue weighted by Crippen LogP contribution is 2.53. The second-order valence-electron chi connectivity index (χ2n) is 21.0. The van der Waals surface area contributed by atoms with Crippen molar-refractivity contribution in [2.75, 3.05) is 0 Å². The van der Waals surface area contributed by atoms with Crippen LogP contribution in [0.3, 0.4) is 0 Å². The highest BCUT2D eigenvalue weighted by atomic mass is 31.2. The average molecular weight is 889 g/mol. The molecule has 0 radical (unpaired) electrons. The number of aromatic hydroxyl groups is 1. The zero-order chi connectivity index (χ0) is 46.0. The van der Waals surface area contributed by atoms with Crippen molar-refractivity contribution in [2.45, 2.75) is 234 Å². The molecule has 0 saturated heterocycles. The Morgan fingerprint density at radius 2 is 1.00 bits per heavy atom. The Balaban J connectivity index is 1.85. The number of para-hydroxylation sites is 2. The molecule has 0 aliphatic carbocycles. The maximum absolute atomic E-state index is 15.0. The number of benzene rings is 3. The minimum absolute atomic E-state index is 0.0947. The van der Waals surface area contributed by atoms with Crippen LogP contribution in [0.25, 0.3) is 0 Å². The van der Waals surface area contributed by atoms with Gasteiger partial charge in [0.15, 0.2) is 0 Å². The van der Waals surface area contributed by atoms with Crippen molar-refractivity contribution in [2.24, 2.45) is 17.3 Å². The van der Waals surface area contributed by atoms with Crippen molar-refractivity contribution in [3.05, 3.63) is 89.5 Å². The van der Waals surface area contributed by atoms with Crippen LogP contribution in [0, 0.1) is 17.3 Å². The number of rotatable bonds is 34. The van der Waals surface area contributed by atoms with Crippen LogP contribution in [-0.2, 0) is 27.3 Å². The average Bonchev–Trinajstić information content (AvgIpc) is 3.23. The molecule has 6 heteroatoms. The third-order valence-corrected chi connectivity index (χ3v) is 14.7. The van der Waals surface area contributed by atoms with Gasteiger partial charge in [-0.15, -0.1) is 0 Å². The number of phosphoric ester groups is 1. The third-order valence-electron chi connectivity index (χ3n) is 13.3. The summed E-state index contributed by atoms with van der Waals surface area (Å²) < 4.78 is 34.3. The van der Waals surface area contributed by atoms with Crippen molar-refractivity contribution in [1.82, 2.24) is 0 Å². The molecule has 3 aromatic rings. The summed E-state index contributed by atoms with van der Waals surface area (Å²) in [6.07, 6.45) is 30.1. The van der Waals surface area contributed by atoms with Crippen LogP contribution in [0.5, 0.6) is 17.2 Å². The molecule has 0 spiro atoms. The van der Waals surface area contributed by atoms with E-state index >= 15 is 4.57 Å². The lowest BCUT2D eigenvalue weighted by Crippen LogP contribution is -2.28. The van der Waals surface area contributed by atoms with Crippen LogP contribution in [0.1, 0.15) is 227 Å². The third kappa shape index (κ3) is 21.9. The van der Waals surface area contributed by atoms with Crippen molar-refractivity contribution < 1.29 is 23.2 Å². The lowest BCUT2D eigenvalue weighted by atomic mass is 9.74. The maximum Gasteiger partial charge on any atom is 0.587 e. The van der Waals surface area contributed by atoms with Crippen molar-refractivity contribution in [1.29, 1.82) is 0 Å². The summed E-state index contributed by atoms with van der Waals surface area (Å²) in [4.78, 5) is 0. The molecule has 0 saturated carbocycles. The Morgan fingerprint density at radius 3 is 1.44 bits per heavy atom. The Bertz CT molecular complexity index is 1610. The molecule has 0 aliphatic heterocycles. The first-order chi connectivity index (χ1) is 30.2. The quantitative estimate of drug-likeness (QED) is 0.0478. The smallest absolute Gasteiger partial charge is 0.507 e. The molecule has 356 valence electrons. The van der Waals surface area contributed by atoms with Gasteiger partial charge in [0.2, 0.25) is 0 Å². The van der Waals surface area contributed by atoms with Crippen LogP contribution in [0.4, 0.5) is 0 Å². The molecule has 3 atom stereocenters. The second-order valence-corrected chi connectivity index (χ2v) is 22.4. The predicted octanol–water partition coefficient (Wildman–Crippen LogP) is 18.7. The molecule has 0 aromatic heterocycles. The van der Waals surface area contributed by atoms with Gasteiger partial charge in [-0.05, 0) is 102 Å². The summed E-state index contributed by atoms with van der Waals surface area (Å²) in [7, 11) is -4.18. The van der Waals surface area contributed by atoms with E-state index < -0.39 is 13.9 Å². The minimum atomic E-state index is -4.18. The number of phosphoric acid groups is 1. The van der Waals surface area contributed by atoms with Gasteiger partial charge in [0.25, 0.3) is 0 Å². The van der Waals surface area contributed by atoms with E-state index in [1.807, 2.05) is 36.4 Å². The maximum atomic E-state index is 15.0. The number of hydrogen-bond acceptors (Lipinski definition) is 5. The van der Waals surface area contributed by atoms with Crippen LogP contribution in [-0.4, -0.2) is 11.2 Å². The van der Waals surface area contributed by atoms with Crippen molar-refractivity contribution in [3.8, 4) is 17.2 Å². The van der Waals surface area contributed by atoms with E-state index in [1.165, 1.54) is 128 Å². The normalized spacial score (nSPS) is 13.8. The van der Waals surface area contributed by atoms with E-state index in [4.69, 9.17) is 13.6 Å². The highest BCUT2D eigenvalue weighted by Gasteiger charge is 2.38. The molecule has 0 aliphatic rings. The molecule has 3 rings (SSSR count). The molecule has 0 fully saturated rings. The largest absolute Gasteiger partial charge is 0.587 e. The summed E-state index contributed by atoms with van der Waals surface area (Å²) in [5.74, 6) is 1.65. The fraction of sp³-hybridized carbons (Fsp3) is 0.684. The molecular formula is C57H93O5P. The molecule has 3 aromatic carbocycles. The van der Waals surface area contributed by atoms with Gasteiger partial charge in [-0.25, -0.2) is 4.57 Å². The fourth-order valence-electron chi connectivity index (χ4n) is 9.15. The van der Waals surface area contributed by atoms with Crippen molar-refractivity contribution in [3.63, 3.8) is 0 Å². The van der Waals surface area contributed by atoms with E-state index in [1.54, 1.807) is 24.3 Å². The summed E-state index contributed by atoms with van der Waals surface area (Å²) >= 11 is 0. The van der Waals surface area contributed by atoms with E-state index in [-0.39, 0.29) is 16.7 Å². The number of phenolic OH excluding ortho intramolecular Hbond substituents is 1. The van der Waals surface area contributed by atoms with Gasteiger partial charge < -0.3 is 14.2 Å². The summed E-state index contributed by atoms with van der Waals surface area (Å²) in [6, 6.07) is 22.8. The number of aryl methyl sites for hydroxylation is 1. The molecular weight excluding hydrogens is 796 g/mol. The van der Waals surface area contributed by atoms with Gasteiger partial charge >= 0.3 is 7.82 Å². The highest BCUT2D eigenvalue weighted by molar-refractivity contribution is 7.49. The standard InChI is InChI=1S/C57H93O5P/c1-10-12-14-16-18-19-20-21-22-23-25-26-30-36-48-42-44-53(57(7,8)9)55(58)52(48)46-47(3)54(45-43-49(56(4,5)6)37-31-27-24-17-15-13-11-2)62-63(59,60-50-38-32-28-33-39-50)61-51-40-34-29-35-41-51/h28-29,32-35,38-42,44,47,49,54,58H,10-27,30-31,36-37,43,45-46H2,1-9H3. The number of hydrogen-bond donors (Lipinski definition) is 1. The monoisotopic (exact) mass is 889 g/mol. The Kier molecular flexibility index (Phi) is 25.7. The zero-order valence-corrected chi connectivity index (χ0v) is 42.8. The van der Waals surface area contributed by atoms with E-state index in [0.717, 1.165) is 36.8 Å². The topological polar surface area (TPSA) is 65.0 Å². The molecule has 1 N–H and O–H groups in total. The van der Waals surface area contributed by atoms with Crippen LogP contribution >= 0.6 is 7.82 Å². The SMILES string of the molecule is CCCCCCCCCCCCCCCc1ccc(C(C)(C)C)c(O)c1CC(C)C(CCC(CCCCCCCCC)C(C)(C)C)OP(=O)(Oc1ccccc1)Oc1ccccc1. The van der Waals surface area contributed by atoms with Gasteiger partial charge in [0.05, 0.1) is 6.10 Å². The molecule has 3 unspecified atom stereocenters. The summed E-state index contributed by atoms with van der Waals surface area (Å²) in [6.45, 7) is 20.3. The first-order valence-corrected chi connectivity index (χ1v) is 27.2. The molecule has 0 amide bonds. The van der Waals surface area contributed by atoms with Gasteiger partial charge in [-0.1, -0.05) is 233 Å². The predicted molar refractivity (Wildman–Crippen MR) is 270 cm³/mol. The van der Waals surface area contributed by atoms with Gasteiger partial charge in [0, 0.05) is 0 Å². The van der Waals surface area contributed by atoms with E-state index in [2.05, 4.69) is 74.4 Å². The molecule has 63 heavy (non-hydrogen) atoms. The van der Waals surface area contributed by atoms with Crippen LogP contribution in [0.15, 0.2) is 72.8 Å². The first-order valence-electron chi connectivity index (χ1n) is 25.8. The minimum Gasteiger partial charge on any atom is -0.507 e. The van der Waals surface area contributed by atoms with E-state index in [9.17, 15) is 5.11 Å². The second kappa shape index (κ2) is 29.7. The molecule has 0 heterocycles. The summed E-state index contributed by atoms with van der Waals surface area (Å²) in [5, 5.41) is 12.1. The van der Waals surface area contributed by atoms with Gasteiger partial charge in [0.1, 0.15) is 17.2 Å². The van der Waals surface area contributed by atoms with Gasteiger partial charge in [-0.3, -0.25) is 4.52 Å². The Labute approximate surface area is 387 Å². The first kappa shape index (κ1) is 54.6. The van der Waals surface area contributed by atoms with E-state index in [0.29, 0.717) is 36.0 Å². The van der Waals surface area contributed by atoms with Crippen molar-refractivity contribution >= 4 is 7.82 Å². The number of phenols is 1. The zero-order valence-electron chi connectivity index (χ0n) is 41.9.